The van der Waals surface area contributed by atoms with Crippen LogP contribution in [0.3, 0.4) is 0 Å². The Morgan fingerprint density at radius 2 is 1.87 bits per heavy atom. The molecular formula is C24H33FN4O2. The highest BCUT2D eigenvalue weighted by molar-refractivity contribution is 5.99. The van der Waals surface area contributed by atoms with Crippen molar-refractivity contribution in [1.82, 2.24) is 20.1 Å². The van der Waals surface area contributed by atoms with Crippen molar-refractivity contribution in [3.63, 3.8) is 0 Å². The fraction of sp³-hybridized carbons (Fsp3) is 0.583. The normalized spacial score (nSPS) is 27.5. The number of halogens is 1. The van der Waals surface area contributed by atoms with Crippen LogP contribution in [0.2, 0.25) is 0 Å². The molecule has 0 unspecified atom stereocenters. The Morgan fingerprint density at radius 1 is 1.16 bits per heavy atom. The molecule has 7 heteroatoms. The van der Waals surface area contributed by atoms with Crippen LogP contribution in [0.4, 0.5) is 4.39 Å². The van der Waals surface area contributed by atoms with Gasteiger partial charge in [0.25, 0.3) is 5.91 Å². The first-order valence-corrected chi connectivity index (χ1v) is 11.4. The fourth-order valence-electron chi connectivity index (χ4n) is 5.62. The molecule has 2 heterocycles. The van der Waals surface area contributed by atoms with Crippen LogP contribution in [0.5, 0.6) is 0 Å². The standard InChI is InChI=1S/C24H33FN4O2/c1-14-8-9-21(25)20-11-22(27-23(14)20)24(31)26-18-6-5-7-19(10-18)28-12-15(2)29(17(4)30)16(3)13-28/h8-9,11,15-16,18-19,27H,5-7,10,12-13H2,1-4H3,(H,26,31)/t15-,16-,18-,19-/m1/s1. The number of piperazine rings is 1. The van der Waals surface area contributed by atoms with Gasteiger partial charge in [-0.3, -0.25) is 14.5 Å². The lowest BCUT2D eigenvalue weighted by Gasteiger charge is -2.48. The molecule has 168 valence electrons. The van der Waals surface area contributed by atoms with Crippen LogP contribution < -0.4 is 5.32 Å². The Balaban J connectivity index is 1.41. The molecule has 1 saturated heterocycles. The molecule has 4 rings (SSSR count). The van der Waals surface area contributed by atoms with Crippen molar-refractivity contribution in [2.45, 2.75) is 77.5 Å². The maximum atomic E-state index is 14.1. The summed E-state index contributed by atoms with van der Waals surface area (Å²) in [6, 6.07) is 5.65. The maximum absolute atomic E-state index is 14.1. The average Bonchev–Trinajstić information content (AvgIpc) is 3.17. The number of H-pyrrole nitrogens is 1. The van der Waals surface area contributed by atoms with E-state index in [1.165, 1.54) is 6.07 Å². The van der Waals surface area contributed by atoms with E-state index < -0.39 is 0 Å². The van der Waals surface area contributed by atoms with E-state index in [0.29, 0.717) is 22.6 Å². The summed E-state index contributed by atoms with van der Waals surface area (Å²) in [6.45, 7) is 9.52. The van der Waals surface area contributed by atoms with Gasteiger partial charge in [-0.15, -0.1) is 0 Å². The Hall–Kier alpha value is -2.41. The number of nitrogens with zero attached hydrogens (tertiary/aromatic N) is 2. The summed E-state index contributed by atoms with van der Waals surface area (Å²) in [7, 11) is 0. The van der Waals surface area contributed by atoms with Crippen LogP contribution in [-0.4, -0.2) is 63.9 Å². The summed E-state index contributed by atoms with van der Waals surface area (Å²) >= 11 is 0. The molecule has 1 saturated carbocycles. The lowest BCUT2D eigenvalue weighted by atomic mass is 9.88. The Morgan fingerprint density at radius 3 is 2.52 bits per heavy atom. The molecule has 6 nitrogen and oxygen atoms in total. The Kier molecular flexibility index (Phi) is 6.06. The first-order chi connectivity index (χ1) is 14.7. The van der Waals surface area contributed by atoms with Gasteiger partial charge in [0.1, 0.15) is 11.5 Å². The number of benzene rings is 1. The van der Waals surface area contributed by atoms with Crippen molar-refractivity contribution in [2.24, 2.45) is 0 Å². The van der Waals surface area contributed by atoms with Gasteiger partial charge in [-0.05, 0) is 64.2 Å². The predicted molar refractivity (Wildman–Crippen MR) is 120 cm³/mol. The number of aryl methyl sites for hydroxylation is 1. The minimum absolute atomic E-state index is 0.0973. The number of aromatic amines is 1. The number of fused-ring (bicyclic) bond motifs is 1. The molecular weight excluding hydrogens is 395 g/mol. The van der Waals surface area contributed by atoms with E-state index in [1.807, 2.05) is 11.8 Å². The Bertz CT molecular complexity index is 936. The largest absolute Gasteiger partial charge is 0.350 e. The molecule has 1 aromatic heterocycles. The van der Waals surface area contributed by atoms with Crippen molar-refractivity contribution < 1.29 is 14.0 Å². The molecule has 1 aliphatic heterocycles. The van der Waals surface area contributed by atoms with Gasteiger partial charge in [0, 0.05) is 49.6 Å². The van der Waals surface area contributed by atoms with E-state index in [1.54, 1.807) is 19.1 Å². The zero-order chi connectivity index (χ0) is 22.3. The van der Waals surface area contributed by atoms with Gasteiger partial charge < -0.3 is 15.2 Å². The highest BCUT2D eigenvalue weighted by Gasteiger charge is 2.36. The van der Waals surface area contributed by atoms with E-state index in [4.69, 9.17) is 0 Å². The molecule has 4 atom stereocenters. The number of hydrogen-bond acceptors (Lipinski definition) is 3. The van der Waals surface area contributed by atoms with Gasteiger partial charge >= 0.3 is 0 Å². The van der Waals surface area contributed by atoms with E-state index in [-0.39, 0.29) is 35.8 Å². The van der Waals surface area contributed by atoms with E-state index in [0.717, 1.165) is 44.3 Å². The molecule has 2 fully saturated rings. The lowest BCUT2D eigenvalue weighted by Crippen LogP contribution is -2.61. The zero-order valence-electron chi connectivity index (χ0n) is 18.9. The lowest BCUT2D eigenvalue weighted by molar-refractivity contribution is -0.137. The minimum atomic E-state index is -0.318. The third kappa shape index (κ3) is 4.33. The summed E-state index contributed by atoms with van der Waals surface area (Å²) in [5, 5.41) is 3.63. The first kappa shape index (κ1) is 21.8. The van der Waals surface area contributed by atoms with Crippen molar-refractivity contribution in [3.05, 3.63) is 35.3 Å². The quantitative estimate of drug-likeness (QED) is 0.785. The number of hydrogen-bond donors (Lipinski definition) is 2. The third-order valence-corrected chi connectivity index (χ3v) is 7.00. The molecule has 1 aromatic carbocycles. The van der Waals surface area contributed by atoms with Gasteiger partial charge in [-0.2, -0.15) is 0 Å². The number of aromatic nitrogens is 1. The molecule has 1 aliphatic carbocycles. The monoisotopic (exact) mass is 428 g/mol. The number of carbonyl (C=O) groups is 2. The number of carbonyl (C=O) groups excluding carboxylic acids is 2. The summed E-state index contributed by atoms with van der Waals surface area (Å²) in [5.74, 6) is -0.358. The maximum Gasteiger partial charge on any atom is 0.267 e. The highest BCUT2D eigenvalue weighted by Crippen LogP contribution is 2.28. The molecule has 0 bridgehead atoms. The average molecular weight is 429 g/mol. The van der Waals surface area contributed by atoms with Crippen LogP contribution in [-0.2, 0) is 4.79 Å². The van der Waals surface area contributed by atoms with Gasteiger partial charge in [0.15, 0.2) is 0 Å². The number of rotatable bonds is 3. The molecule has 0 spiro atoms. The molecule has 2 amide bonds. The molecule has 31 heavy (non-hydrogen) atoms. The van der Waals surface area contributed by atoms with Crippen molar-refractivity contribution >= 4 is 22.7 Å². The fourth-order valence-corrected chi connectivity index (χ4v) is 5.62. The second-order valence-electron chi connectivity index (χ2n) is 9.41. The first-order valence-electron chi connectivity index (χ1n) is 11.4. The van der Waals surface area contributed by atoms with Crippen LogP contribution >= 0.6 is 0 Å². The third-order valence-electron chi connectivity index (χ3n) is 7.00. The summed E-state index contributed by atoms with van der Waals surface area (Å²) in [6.07, 6.45) is 4.03. The summed E-state index contributed by atoms with van der Waals surface area (Å²) < 4.78 is 14.1. The van der Waals surface area contributed by atoms with Crippen LogP contribution in [0, 0.1) is 12.7 Å². The SMILES string of the molecule is CC(=O)N1[C@H](C)CN([C@@H]2CCC[C@@H](NC(=O)c3cc4c(F)ccc(C)c4[nH]3)C2)C[C@H]1C. The smallest absolute Gasteiger partial charge is 0.267 e. The van der Waals surface area contributed by atoms with Gasteiger partial charge in [0.2, 0.25) is 5.91 Å². The van der Waals surface area contributed by atoms with Gasteiger partial charge in [-0.1, -0.05) is 6.07 Å². The predicted octanol–water partition coefficient (Wildman–Crippen LogP) is 3.60. The van der Waals surface area contributed by atoms with E-state index in [9.17, 15) is 14.0 Å². The highest BCUT2D eigenvalue weighted by atomic mass is 19.1. The summed E-state index contributed by atoms with van der Waals surface area (Å²) in [5.41, 5.74) is 2.00. The topological polar surface area (TPSA) is 68.4 Å². The Labute approximate surface area is 183 Å². The summed E-state index contributed by atoms with van der Waals surface area (Å²) in [4.78, 5) is 32.4. The zero-order valence-corrected chi connectivity index (χ0v) is 18.9. The molecule has 2 N–H and O–H groups in total. The molecule has 2 aliphatic rings. The van der Waals surface area contributed by atoms with Crippen LogP contribution in [0.1, 0.15) is 62.5 Å². The second kappa shape index (κ2) is 8.61. The number of amides is 2. The second-order valence-corrected chi connectivity index (χ2v) is 9.41. The van der Waals surface area contributed by atoms with Crippen molar-refractivity contribution in [1.29, 1.82) is 0 Å². The van der Waals surface area contributed by atoms with Crippen LogP contribution in [0.25, 0.3) is 10.9 Å². The molecule has 2 aromatic rings. The van der Waals surface area contributed by atoms with E-state index >= 15 is 0 Å². The van der Waals surface area contributed by atoms with Gasteiger partial charge in [-0.25, -0.2) is 4.39 Å². The van der Waals surface area contributed by atoms with Crippen molar-refractivity contribution in [3.8, 4) is 0 Å². The molecule has 0 radical (unpaired) electrons. The van der Waals surface area contributed by atoms with Crippen molar-refractivity contribution in [2.75, 3.05) is 13.1 Å². The van der Waals surface area contributed by atoms with Gasteiger partial charge in [0.05, 0.1) is 5.52 Å². The van der Waals surface area contributed by atoms with Crippen LogP contribution in [0.15, 0.2) is 18.2 Å². The minimum Gasteiger partial charge on any atom is -0.350 e. The van der Waals surface area contributed by atoms with E-state index in [2.05, 4.69) is 29.0 Å². The number of nitrogens with one attached hydrogen (secondary N) is 2.